The predicted octanol–water partition coefficient (Wildman–Crippen LogP) is 2.24. The van der Waals surface area contributed by atoms with E-state index in [1.807, 2.05) is 0 Å². The van der Waals surface area contributed by atoms with Crippen LogP contribution < -0.4 is 5.46 Å². The van der Waals surface area contributed by atoms with Crippen molar-refractivity contribution in [2.24, 2.45) is 11.3 Å². The van der Waals surface area contributed by atoms with Crippen LogP contribution in [0.3, 0.4) is 0 Å². The highest BCUT2D eigenvalue weighted by Crippen LogP contribution is 2.39. The van der Waals surface area contributed by atoms with Gasteiger partial charge < -0.3 is 14.8 Å². The van der Waals surface area contributed by atoms with Gasteiger partial charge in [0.1, 0.15) is 5.82 Å². The summed E-state index contributed by atoms with van der Waals surface area (Å²) in [4.78, 5) is 0. The highest BCUT2D eigenvalue weighted by atomic mass is 19.1. The second-order valence-electron chi connectivity index (χ2n) is 7.06. The maximum atomic E-state index is 13.2. The Morgan fingerprint density at radius 1 is 1.33 bits per heavy atom. The van der Waals surface area contributed by atoms with E-state index in [1.54, 1.807) is 6.07 Å². The first-order valence-electron chi connectivity index (χ1n) is 7.53. The van der Waals surface area contributed by atoms with Crippen LogP contribution in [0.2, 0.25) is 0 Å². The van der Waals surface area contributed by atoms with Crippen LogP contribution in [0.1, 0.15) is 45.6 Å². The first kappa shape index (κ1) is 16.5. The number of hydrogen-bond acceptors (Lipinski definition) is 3. The molecule has 0 bridgehead atoms. The highest BCUT2D eigenvalue weighted by molar-refractivity contribution is 6.59. The van der Waals surface area contributed by atoms with Crippen LogP contribution in [-0.4, -0.2) is 23.3 Å². The largest absolute Gasteiger partial charge is 0.488 e. The van der Waals surface area contributed by atoms with E-state index < -0.39 is 12.9 Å². The van der Waals surface area contributed by atoms with Gasteiger partial charge in [0.15, 0.2) is 0 Å². The minimum absolute atomic E-state index is 0.164. The maximum absolute atomic E-state index is 13.2. The molecule has 1 saturated carbocycles. The minimum Gasteiger partial charge on any atom is -0.423 e. The van der Waals surface area contributed by atoms with Crippen molar-refractivity contribution in [3.8, 4) is 0 Å². The summed E-state index contributed by atoms with van der Waals surface area (Å²) in [6.07, 6.45) is 3.37. The third kappa shape index (κ3) is 4.53. The molecule has 1 aliphatic carbocycles. The Morgan fingerprint density at radius 2 is 2.05 bits per heavy atom. The molecule has 2 N–H and O–H groups in total. The van der Waals surface area contributed by atoms with Crippen LogP contribution in [0, 0.1) is 17.2 Å². The first-order chi connectivity index (χ1) is 9.77. The predicted molar refractivity (Wildman–Crippen MR) is 81.6 cm³/mol. The minimum atomic E-state index is -1.68. The molecule has 0 saturated heterocycles. The van der Waals surface area contributed by atoms with Gasteiger partial charge in [0, 0.05) is 0 Å². The van der Waals surface area contributed by atoms with Crippen molar-refractivity contribution < 1.29 is 19.2 Å². The van der Waals surface area contributed by atoms with E-state index in [4.69, 9.17) is 4.74 Å². The fraction of sp³-hybridized carbons (Fsp3) is 0.625. The van der Waals surface area contributed by atoms with E-state index >= 15 is 0 Å². The number of halogens is 1. The highest BCUT2D eigenvalue weighted by Gasteiger charge is 2.32. The summed E-state index contributed by atoms with van der Waals surface area (Å²) < 4.78 is 19.2. The van der Waals surface area contributed by atoms with Crippen molar-refractivity contribution in [3.63, 3.8) is 0 Å². The van der Waals surface area contributed by atoms with Crippen molar-refractivity contribution in [2.75, 3.05) is 0 Å². The normalized spacial score (nSPS) is 24.9. The fourth-order valence-electron chi connectivity index (χ4n) is 3.53. The van der Waals surface area contributed by atoms with Crippen molar-refractivity contribution in [1.82, 2.24) is 0 Å². The number of rotatable bonds is 4. The van der Waals surface area contributed by atoms with E-state index in [1.165, 1.54) is 12.5 Å². The van der Waals surface area contributed by atoms with Crippen LogP contribution in [-0.2, 0) is 11.3 Å². The van der Waals surface area contributed by atoms with E-state index in [9.17, 15) is 14.4 Å². The smallest absolute Gasteiger partial charge is 0.423 e. The zero-order valence-electron chi connectivity index (χ0n) is 13.0. The van der Waals surface area contributed by atoms with E-state index in [0.717, 1.165) is 18.9 Å². The van der Waals surface area contributed by atoms with E-state index in [0.29, 0.717) is 11.5 Å². The van der Waals surface area contributed by atoms with Crippen LogP contribution in [0.15, 0.2) is 18.2 Å². The third-order valence-electron chi connectivity index (χ3n) is 4.21. The van der Waals surface area contributed by atoms with Crippen LogP contribution >= 0.6 is 0 Å². The molecule has 0 amide bonds. The quantitative estimate of drug-likeness (QED) is 0.837. The second kappa shape index (κ2) is 6.47. The van der Waals surface area contributed by atoms with Crippen molar-refractivity contribution in [2.45, 2.75) is 52.7 Å². The average molecular weight is 294 g/mol. The SMILES string of the molecule is CC1CC(OCc2ccc(F)cc2B(O)O)CC(C)(C)C1. The molecule has 1 fully saturated rings. The zero-order chi connectivity index (χ0) is 15.6. The lowest BCUT2D eigenvalue weighted by Crippen LogP contribution is -2.35. The van der Waals surface area contributed by atoms with Crippen molar-refractivity contribution >= 4 is 12.6 Å². The molecule has 0 radical (unpaired) electrons. The molecule has 0 aliphatic heterocycles. The summed E-state index contributed by atoms with van der Waals surface area (Å²) in [5.41, 5.74) is 1.07. The number of hydrogen-bond donors (Lipinski definition) is 2. The Morgan fingerprint density at radius 3 is 2.67 bits per heavy atom. The summed E-state index contributed by atoms with van der Waals surface area (Å²) >= 11 is 0. The van der Waals surface area contributed by atoms with Gasteiger partial charge in [0.25, 0.3) is 0 Å². The van der Waals surface area contributed by atoms with Gasteiger partial charge in [0.05, 0.1) is 12.7 Å². The monoisotopic (exact) mass is 294 g/mol. The maximum Gasteiger partial charge on any atom is 0.488 e. The lowest BCUT2D eigenvalue weighted by atomic mass is 9.71. The first-order valence-corrected chi connectivity index (χ1v) is 7.53. The number of benzene rings is 1. The zero-order valence-corrected chi connectivity index (χ0v) is 13.0. The van der Waals surface area contributed by atoms with Gasteiger partial charge in [-0.25, -0.2) is 4.39 Å². The summed E-state index contributed by atoms with van der Waals surface area (Å²) in [5.74, 6) is 0.143. The molecule has 2 unspecified atom stereocenters. The Balaban J connectivity index is 2.03. The molecule has 21 heavy (non-hydrogen) atoms. The molecular formula is C16H24BFO3. The molecule has 2 atom stereocenters. The lowest BCUT2D eigenvalue weighted by Gasteiger charge is -2.38. The van der Waals surface area contributed by atoms with Gasteiger partial charge in [-0.15, -0.1) is 0 Å². The summed E-state index contributed by atoms with van der Waals surface area (Å²) in [6, 6.07) is 4.02. The molecule has 1 aromatic rings. The molecule has 5 heteroatoms. The van der Waals surface area contributed by atoms with Crippen LogP contribution in [0.25, 0.3) is 0 Å². The Kier molecular flexibility index (Phi) is 5.07. The van der Waals surface area contributed by atoms with Gasteiger partial charge in [-0.2, -0.15) is 0 Å². The van der Waals surface area contributed by atoms with Crippen LogP contribution in [0.5, 0.6) is 0 Å². The summed E-state index contributed by atoms with van der Waals surface area (Å²) in [6.45, 7) is 7.01. The van der Waals surface area contributed by atoms with Gasteiger partial charge >= 0.3 is 7.12 Å². The topological polar surface area (TPSA) is 49.7 Å². The Labute approximate surface area is 126 Å². The summed E-state index contributed by atoms with van der Waals surface area (Å²) in [5, 5.41) is 18.6. The lowest BCUT2D eigenvalue weighted by molar-refractivity contribution is -0.0314. The van der Waals surface area contributed by atoms with Gasteiger partial charge in [-0.1, -0.05) is 26.8 Å². The molecule has 2 rings (SSSR count). The Hall–Kier alpha value is -0.905. The molecule has 0 spiro atoms. The second-order valence-corrected chi connectivity index (χ2v) is 7.06. The molecule has 1 aliphatic rings. The van der Waals surface area contributed by atoms with Gasteiger partial charge in [-0.05, 0) is 53.8 Å². The standard InChI is InChI=1S/C16H24BFO3/c1-11-6-14(9-16(2,3)8-11)21-10-12-4-5-13(18)7-15(12)17(19)20/h4-5,7,11,14,19-20H,6,8-10H2,1-3H3. The molecule has 0 heterocycles. The van der Waals surface area contributed by atoms with E-state index in [-0.39, 0.29) is 23.6 Å². The van der Waals surface area contributed by atoms with Crippen molar-refractivity contribution in [1.29, 1.82) is 0 Å². The number of ether oxygens (including phenoxy) is 1. The fourth-order valence-corrected chi connectivity index (χ4v) is 3.53. The van der Waals surface area contributed by atoms with Crippen LogP contribution in [0.4, 0.5) is 4.39 Å². The Bertz CT molecular complexity index is 490. The molecule has 1 aromatic carbocycles. The summed E-state index contributed by atoms with van der Waals surface area (Å²) in [7, 11) is -1.68. The van der Waals surface area contributed by atoms with Gasteiger partial charge in [0.2, 0.25) is 0 Å². The molecular weight excluding hydrogens is 270 g/mol. The third-order valence-corrected chi connectivity index (χ3v) is 4.21. The van der Waals surface area contributed by atoms with E-state index in [2.05, 4.69) is 20.8 Å². The van der Waals surface area contributed by atoms with Crippen molar-refractivity contribution in [3.05, 3.63) is 29.6 Å². The molecule has 3 nitrogen and oxygen atoms in total. The molecule has 0 aromatic heterocycles. The molecule has 116 valence electrons. The average Bonchev–Trinajstić information content (AvgIpc) is 2.34. The van der Waals surface area contributed by atoms with Gasteiger partial charge in [-0.3, -0.25) is 0 Å².